The molecule has 0 bridgehead atoms. The summed E-state index contributed by atoms with van der Waals surface area (Å²) in [6, 6.07) is 6.34. The van der Waals surface area contributed by atoms with E-state index in [-0.39, 0.29) is 0 Å². The molecule has 2 aromatic rings. The fourth-order valence-corrected chi connectivity index (χ4v) is 2.42. The second kappa shape index (κ2) is 5.62. The second-order valence-electron chi connectivity index (χ2n) is 4.17. The number of fused-ring (bicyclic) bond motifs is 1. The number of aromatic nitrogens is 2. The monoisotopic (exact) mass is 341 g/mol. The molecule has 0 spiro atoms. The first-order chi connectivity index (χ1) is 8.20. The quantitative estimate of drug-likeness (QED) is 0.651. The van der Waals surface area contributed by atoms with Gasteiger partial charge in [0.15, 0.2) is 0 Å². The van der Waals surface area contributed by atoms with Gasteiger partial charge in [-0.3, -0.25) is 4.68 Å². The van der Waals surface area contributed by atoms with Crippen LogP contribution in [0, 0.1) is 8.98 Å². The first-order valence-electron chi connectivity index (χ1n) is 5.88. The highest BCUT2D eigenvalue weighted by atomic mass is 127. The third-order valence-electron chi connectivity index (χ3n) is 2.78. The summed E-state index contributed by atoms with van der Waals surface area (Å²) < 4.78 is 3.23. The summed E-state index contributed by atoms with van der Waals surface area (Å²) in [6.07, 6.45) is 4.66. The zero-order valence-electron chi connectivity index (χ0n) is 9.91. The third kappa shape index (κ3) is 3.06. The molecule has 2 rings (SSSR count). The van der Waals surface area contributed by atoms with E-state index < -0.39 is 0 Å². The standard InChI is InChI=1S/C13H16IN3/c1-2-3-12(15)6-7-17-13-5-4-11(14)8-10(13)9-16-17/h4-5,8-9,15H,2-3,6-7H2,1H3. The molecular weight excluding hydrogens is 325 g/mol. The molecule has 1 aromatic carbocycles. The molecule has 0 atom stereocenters. The van der Waals surface area contributed by atoms with Crippen LogP contribution in [0.15, 0.2) is 24.4 Å². The van der Waals surface area contributed by atoms with Gasteiger partial charge in [0.2, 0.25) is 0 Å². The first kappa shape index (κ1) is 12.5. The summed E-state index contributed by atoms with van der Waals surface area (Å²) in [7, 11) is 0. The van der Waals surface area contributed by atoms with Gasteiger partial charge < -0.3 is 5.41 Å². The predicted molar refractivity (Wildman–Crippen MR) is 79.7 cm³/mol. The fourth-order valence-electron chi connectivity index (χ4n) is 1.90. The number of rotatable bonds is 5. The maximum Gasteiger partial charge on any atom is 0.0683 e. The lowest BCUT2D eigenvalue weighted by atomic mass is 10.1. The van der Waals surface area contributed by atoms with Crippen molar-refractivity contribution < 1.29 is 0 Å². The number of halogens is 1. The van der Waals surface area contributed by atoms with Crippen LogP contribution in [0.2, 0.25) is 0 Å². The molecule has 0 aliphatic rings. The fraction of sp³-hybridized carbons (Fsp3) is 0.385. The average molecular weight is 341 g/mol. The molecule has 0 aliphatic carbocycles. The largest absolute Gasteiger partial charge is 0.310 e. The van der Waals surface area contributed by atoms with Crippen molar-refractivity contribution in [1.29, 1.82) is 5.41 Å². The van der Waals surface area contributed by atoms with Crippen molar-refractivity contribution >= 4 is 39.2 Å². The first-order valence-corrected chi connectivity index (χ1v) is 6.96. The summed E-state index contributed by atoms with van der Waals surface area (Å²) in [5, 5.41) is 13.4. The predicted octanol–water partition coefficient (Wildman–Crippen LogP) is 3.85. The maximum absolute atomic E-state index is 7.79. The Morgan fingerprint density at radius 1 is 1.41 bits per heavy atom. The van der Waals surface area contributed by atoms with Crippen LogP contribution in [0.4, 0.5) is 0 Å². The minimum absolute atomic E-state index is 0.802. The Bertz CT molecular complexity index is 530. The Kier molecular flexibility index (Phi) is 4.15. The van der Waals surface area contributed by atoms with Gasteiger partial charge in [-0.25, -0.2) is 0 Å². The van der Waals surface area contributed by atoms with Crippen molar-refractivity contribution in [3.8, 4) is 0 Å². The van der Waals surface area contributed by atoms with Crippen LogP contribution < -0.4 is 0 Å². The molecule has 0 unspecified atom stereocenters. The zero-order chi connectivity index (χ0) is 12.3. The Balaban J connectivity index is 2.11. The summed E-state index contributed by atoms with van der Waals surface area (Å²) in [4.78, 5) is 0. The molecule has 1 heterocycles. The van der Waals surface area contributed by atoms with E-state index in [9.17, 15) is 0 Å². The molecule has 0 saturated heterocycles. The van der Waals surface area contributed by atoms with Gasteiger partial charge in [0.25, 0.3) is 0 Å². The number of nitrogens with one attached hydrogen (secondary N) is 1. The summed E-state index contributed by atoms with van der Waals surface area (Å²) in [5.74, 6) is 0. The minimum Gasteiger partial charge on any atom is -0.310 e. The number of aryl methyl sites for hydroxylation is 1. The van der Waals surface area contributed by atoms with E-state index in [2.05, 4.69) is 52.8 Å². The molecule has 0 aliphatic heterocycles. The van der Waals surface area contributed by atoms with Gasteiger partial charge in [-0.15, -0.1) is 0 Å². The van der Waals surface area contributed by atoms with Gasteiger partial charge in [-0.05, 0) is 47.2 Å². The lowest BCUT2D eigenvalue weighted by Gasteiger charge is -2.04. The maximum atomic E-state index is 7.79. The SMILES string of the molecule is CCCC(=N)CCn1ncc2cc(I)ccc21. The molecule has 0 saturated carbocycles. The van der Waals surface area contributed by atoms with Crippen molar-refractivity contribution in [2.75, 3.05) is 0 Å². The summed E-state index contributed by atoms with van der Waals surface area (Å²) >= 11 is 2.31. The van der Waals surface area contributed by atoms with Crippen molar-refractivity contribution in [1.82, 2.24) is 9.78 Å². The van der Waals surface area contributed by atoms with Crippen LogP contribution in [-0.2, 0) is 6.54 Å². The Hall–Kier alpha value is -0.910. The Morgan fingerprint density at radius 2 is 2.24 bits per heavy atom. The third-order valence-corrected chi connectivity index (χ3v) is 3.45. The molecule has 90 valence electrons. The van der Waals surface area contributed by atoms with E-state index in [1.165, 1.54) is 8.96 Å². The number of hydrogen-bond acceptors (Lipinski definition) is 2. The van der Waals surface area contributed by atoms with Gasteiger partial charge >= 0.3 is 0 Å². The average Bonchev–Trinajstić information content (AvgIpc) is 2.69. The van der Waals surface area contributed by atoms with Gasteiger partial charge in [-0.2, -0.15) is 5.10 Å². The topological polar surface area (TPSA) is 41.7 Å². The number of hydrogen-bond donors (Lipinski definition) is 1. The van der Waals surface area contributed by atoms with E-state index in [0.29, 0.717) is 0 Å². The second-order valence-corrected chi connectivity index (χ2v) is 5.42. The normalized spacial score (nSPS) is 10.9. The van der Waals surface area contributed by atoms with Crippen LogP contribution in [0.25, 0.3) is 10.9 Å². The summed E-state index contributed by atoms with van der Waals surface area (Å²) in [5.41, 5.74) is 1.98. The van der Waals surface area contributed by atoms with E-state index in [1.807, 2.05) is 10.9 Å². The van der Waals surface area contributed by atoms with Gasteiger partial charge in [0.1, 0.15) is 0 Å². The molecule has 0 fully saturated rings. The number of nitrogens with zero attached hydrogens (tertiary/aromatic N) is 2. The molecule has 1 aromatic heterocycles. The zero-order valence-corrected chi connectivity index (χ0v) is 12.1. The van der Waals surface area contributed by atoms with Crippen molar-refractivity contribution in [3.63, 3.8) is 0 Å². The Labute approximate surface area is 115 Å². The van der Waals surface area contributed by atoms with E-state index in [0.717, 1.165) is 37.0 Å². The lowest BCUT2D eigenvalue weighted by molar-refractivity contribution is 0.650. The highest BCUT2D eigenvalue weighted by Gasteiger charge is 2.04. The van der Waals surface area contributed by atoms with Crippen molar-refractivity contribution in [2.45, 2.75) is 32.7 Å². The lowest BCUT2D eigenvalue weighted by Crippen LogP contribution is -2.05. The minimum atomic E-state index is 0.802. The van der Waals surface area contributed by atoms with Crippen molar-refractivity contribution in [3.05, 3.63) is 28.0 Å². The van der Waals surface area contributed by atoms with Crippen molar-refractivity contribution in [2.24, 2.45) is 0 Å². The Morgan fingerprint density at radius 3 is 3.00 bits per heavy atom. The van der Waals surface area contributed by atoms with E-state index in [4.69, 9.17) is 5.41 Å². The van der Waals surface area contributed by atoms with Crippen LogP contribution >= 0.6 is 22.6 Å². The molecule has 4 heteroatoms. The van der Waals surface area contributed by atoms with E-state index >= 15 is 0 Å². The van der Waals surface area contributed by atoms with Crippen LogP contribution in [0.3, 0.4) is 0 Å². The molecule has 0 amide bonds. The summed E-state index contributed by atoms with van der Waals surface area (Å²) in [6.45, 7) is 2.92. The number of benzene rings is 1. The van der Waals surface area contributed by atoms with Crippen LogP contribution in [0.5, 0.6) is 0 Å². The van der Waals surface area contributed by atoms with Crippen LogP contribution in [-0.4, -0.2) is 15.5 Å². The van der Waals surface area contributed by atoms with E-state index in [1.54, 1.807) is 0 Å². The molecular formula is C13H16IN3. The highest BCUT2D eigenvalue weighted by molar-refractivity contribution is 14.1. The van der Waals surface area contributed by atoms with Gasteiger partial charge in [0, 0.05) is 27.6 Å². The highest BCUT2D eigenvalue weighted by Crippen LogP contribution is 2.17. The molecule has 1 N–H and O–H groups in total. The smallest absolute Gasteiger partial charge is 0.0683 e. The molecule has 17 heavy (non-hydrogen) atoms. The molecule has 3 nitrogen and oxygen atoms in total. The van der Waals surface area contributed by atoms with Crippen LogP contribution in [0.1, 0.15) is 26.2 Å². The van der Waals surface area contributed by atoms with Gasteiger partial charge in [-0.1, -0.05) is 13.3 Å². The molecule has 0 radical (unpaired) electrons. The van der Waals surface area contributed by atoms with Gasteiger partial charge in [0.05, 0.1) is 11.7 Å².